The van der Waals surface area contributed by atoms with Crippen LogP contribution in [-0.2, 0) is 6.18 Å². The molecule has 2 atom stereocenters. The highest BCUT2D eigenvalue weighted by molar-refractivity contribution is 7.15. The van der Waals surface area contributed by atoms with Crippen LogP contribution in [0.25, 0.3) is 0 Å². The van der Waals surface area contributed by atoms with Crippen molar-refractivity contribution in [2.75, 3.05) is 11.9 Å². The van der Waals surface area contributed by atoms with Crippen molar-refractivity contribution in [3.63, 3.8) is 0 Å². The van der Waals surface area contributed by atoms with Gasteiger partial charge < -0.3 is 5.32 Å². The maximum Gasteiger partial charge on any atom is 0.445 e. The highest BCUT2D eigenvalue weighted by Gasteiger charge is 2.35. The Balaban J connectivity index is 1.85. The third-order valence-corrected chi connectivity index (χ3v) is 4.18. The Morgan fingerprint density at radius 1 is 1.33 bits per heavy atom. The molecule has 2 rings (SSSR count). The SMILES string of the molecule is CC1CCCC(CNc2nnc(C(F)(F)F)s2)C1. The van der Waals surface area contributed by atoms with Crippen LogP contribution < -0.4 is 5.32 Å². The molecule has 2 unspecified atom stereocenters. The first-order valence-corrected chi connectivity index (χ1v) is 6.91. The molecule has 0 amide bonds. The van der Waals surface area contributed by atoms with Crippen molar-refractivity contribution in [2.45, 2.75) is 38.8 Å². The summed E-state index contributed by atoms with van der Waals surface area (Å²) in [6, 6.07) is 0. The first-order chi connectivity index (χ1) is 8.45. The number of hydrogen-bond donors (Lipinski definition) is 1. The predicted molar refractivity (Wildman–Crippen MR) is 64.5 cm³/mol. The van der Waals surface area contributed by atoms with E-state index >= 15 is 0 Å². The highest BCUT2D eigenvalue weighted by atomic mass is 32.1. The molecule has 0 bridgehead atoms. The fourth-order valence-corrected chi connectivity index (χ4v) is 3.00. The molecule has 0 radical (unpaired) electrons. The molecular weight excluding hydrogens is 263 g/mol. The van der Waals surface area contributed by atoms with Crippen LogP contribution in [0.4, 0.5) is 18.3 Å². The van der Waals surface area contributed by atoms with Crippen LogP contribution in [0.15, 0.2) is 0 Å². The van der Waals surface area contributed by atoms with Gasteiger partial charge in [0.25, 0.3) is 0 Å². The van der Waals surface area contributed by atoms with E-state index < -0.39 is 11.2 Å². The third kappa shape index (κ3) is 3.57. The molecule has 1 heterocycles. The molecule has 0 spiro atoms. The number of anilines is 1. The molecule has 1 aromatic rings. The summed E-state index contributed by atoms with van der Waals surface area (Å²) in [6.07, 6.45) is 0.349. The lowest BCUT2D eigenvalue weighted by molar-refractivity contribution is -0.138. The second-order valence-electron chi connectivity index (χ2n) is 4.93. The predicted octanol–water partition coefficient (Wildman–Crippen LogP) is 3.80. The summed E-state index contributed by atoms with van der Waals surface area (Å²) in [5, 5.41) is 9.02. The largest absolute Gasteiger partial charge is 0.445 e. The molecule has 18 heavy (non-hydrogen) atoms. The zero-order chi connectivity index (χ0) is 13.2. The molecular formula is C11H16F3N3S. The number of rotatable bonds is 3. The third-order valence-electron chi connectivity index (χ3n) is 3.25. The van der Waals surface area contributed by atoms with Gasteiger partial charge in [-0.15, -0.1) is 10.2 Å². The summed E-state index contributed by atoms with van der Waals surface area (Å²) in [5.74, 6) is 1.25. The van der Waals surface area contributed by atoms with E-state index in [0.717, 1.165) is 12.8 Å². The van der Waals surface area contributed by atoms with Crippen LogP contribution in [0, 0.1) is 11.8 Å². The summed E-state index contributed by atoms with van der Waals surface area (Å²) in [7, 11) is 0. The molecule has 1 N–H and O–H groups in total. The molecule has 1 aliphatic carbocycles. The molecule has 1 fully saturated rings. The molecule has 0 saturated heterocycles. The van der Waals surface area contributed by atoms with E-state index in [9.17, 15) is 13.2 Å². The average Bonchev–Trinajstić information content (AvgIpc) is 2.74. The number of aromatic nitrogens is 2. The summed E-state index contributed by atoms with van der Waals surface area (Å²) in [6.45, 7) is 2.91. The smallest absolute Gasteiger partial charge is 0.360 e. The van der Waals surface area contributed by atoms with Gasteiger partial charge in [0.2, 0.25) is 10.1 Å². The number of hydrogen-bond acceptors (Lipinski definition) is 4. The number of alkyl halides is 3. The minimum atomic E-state index is -4.39. The van der Waals surface area contributed by atoms with E-state index in [1.807, 2.05) is 0 Å². The van der Waals surface area contributed by atoms with Gasteiger partial charge in [0.05, 0.1) is 0 Å². The second-order valence-corrected chi connectivity index (χ2v) is 5.91. The zero-order valence-electron chi connectivity index (χ0n) is 10.1. The van der Waals surface area contributed by atoms with Crippen molar-refractivity contribution < 1.29 is 13.2 Å². The van der Waals surface area contributed by atoms with Gasteiger partial charge in [-0.3, -0.25) is 0 Å². The van der Waals surface area contributed by atoms with Gasteiger partial charge in [-0.1, -0.05) is 31.1 Å². The average molecular weight is 279 g/mol. The van der Waals surface area contributed by atoms with E-state index in [0.29, 0.717) is 29.7 Å². The normalized spacial score (nSPS) is 25.1. The summed E-state index contributed by atoms with van der Waals surface area (Å²) < 4.78 is 37.0. The fraction of sp³-hybridized carbons (Fsp3) is 0.818. The highest BCUT2D eigenvalue weighted by Crippen LogP contribution is 2.33. The van der Waals surface area contributed by atoms with Gasteiger partial charge in [-0.25, -0.2) is 0 Å². The van der Waals surface area contributed by atoms with E-state index in [-0.39, 0.29) is 5.13 Å². The molecule has 0 aromatic carbocycles. The summed E-state index contributed by atoms with van der Waals surface area (Å²) in [4.78, 5) is 0. The molecule has 3 nitrogen and oxygen atoms in total. The van der Waals surface area contributed by atoms with Gasteiger partial charge >= 0.3 is 6.18 Å². The van der Waals surface area contributed by atoms with Gasteiger partial charge in [0.15, 0.2) is 0 Å². The first-order valence-electron chi connectivity index (χ1n) is 6.09. The maximum atomic E-state index is 12.3. The minimum Gasteiger partial charge on any atom is -0.360 e. The standard InChI is InChI=1S/C11H16F3N3S/c1-7-3-2-4-8(5-7)6-15-10-17-16-9(18-10)11(12,13)14/h7-8H,2-6H2,1H3,(H,15,17). The Morgan fingerprint density at radius 3 is 2.72 bits per heavy atom. The molecule has 7 heteroatoms. The van der Waals surface area contributed by atoms with Crippen LogP contribution in [-0.4, -0.2) is 16.7 Å². The van der Waals surface area contributed by atoms with E-state index in [2.05, 4.69) is 22.4 Å². The van der Waals surface area contributed by atoms with Gasteiger partial charge in [-0.2, -0.15) is 13.2 Å². The minimum absolute atomic E-state index is 0.264. The summed E-state index contributed by atoms with van der Waals surface area (Å²) in [5.41, 5.74) is 0. The second kappa shape index (κ2) is 5.42. The maximum absolute atomic E-state index is 12.3. The van der Waals surface area contributed by atoms with E-state index in [1.54, 1.807) is 0 Å². The zero-order valence-corrected chi connectivity index (χ0v) is 10.9. The number of nitrogens with zero attached hydrogens (tertiary/aromatic N) is 2. The van der Waals surface area contributed by atoms with Gasteiger partial charge in [0.1, 0.15) is 0 Å². The van der Waals surface area contributed by atoms with Crippen LogP contribution in [0.1, 0.15) is 37.6 Å². The first kappa shape index (κ1) is 13.6. The quantitative estimate of drug-likeness (QED) is 0.914. The van der Waals surface area contributed by atoms with Crippen molar-refractivity contribution in [3.8, 4) is 0 Å². The van der Waals surface area contributed by atoms with Crippen LogP contribution in [0.2, 0.25) is 0 Å². The molecule has 1 aromatic heterocycles. The van der Waals surface area contributed by atoms with Crippen molar-refractivity contribution in [3.05, 3.63) is 5.01 Å². The molecule has 0 aliphatic heterocycles. The van der Waals surface area contributed by atoms with Crippen LogP contribution >= 0.6 is 11.3 Å². The molecule has 1 aliphatic rings. The Hall–Kier alpha value is -0.850. The van der Waals surface area contributed by atoms with Crippen molar-refractivity contribution in [2.24, 2.45) is 11.8 Å². The number of nitrogens with one attached hydrogen (secondary N) is 1. The topological polar surface area (TPSA) is 37.8 Å². The van der Waals surface area contributed by atoms with Crippen LogP contribution in [0.5, 0.6) is 0 Å². The lowest BCUT2D eigenvalue weighted by Gasteiger charge is -2.26. The summed E-state index contributed by atoms with van der Waals surface area (Å²) >= 11 is 0.571. The van der Waals surface area contributed by atoms with Crippen LogP contribution in [0.3, 0.4) is 0 Å². The lowest BCUT2D eigenvalue weighted by Crippen LogP contribution is -2.20. The van der Waals surface area contributed by atoms with E-state index in [4.69, 9.17) is 0 Å². The van der Waals surface area contributed by atoms with E-state index in [1.165, 1.54) is 12.8 Å². The van der Waals surface area contributed by atoms with Crippen molar-refractivity contribution in [1.29, 1.82) is 0 Å². The fourth-order valence-electron chi connectivity index (χ4n) is 2.39. The van der Waals surface area contributed by atoms with Gasteiger partial charge in [0, 0.05) is 6.54 Å². The van der Waals surface area contributed by atoms with Crippen molar-refractivity contribution >= 4 is 16.5 Å². The monoisotopic (exact) mass is 279 g/mol. The Kier molecular flexibility index (Phi) is 4.09. The Morgan fingerprint density at radius 2 is 2.11 bits per heavy atom. The Bertz CT molecular complexity index is 391. The molecule has 1 saturated carbocycles. The lowest BCUT2D eigenvalue weighted by atomic mass is 9.82. The van der Waals surface area contributed by atoms with Crippen molar-refractivity contribution in [1.82, 2.24) is 10.2 Å². The Labute approximate surface area is 108 Å². The molecule has 102 valence electrons. The number of halogens is 3. The van der Waals surface area contributed by atoms with Gasteiger partial charge in [-0.05, 0) is 24.7 Å².